The molecule has 0 aromatic carbocycles. The zero-order valence-electron chi connectivity index (χ0n) is 10.1. The van der Waals surface area contributed by atoms with Crippen molar-refractivity contribution in [3.05, 3.63) is 21.9 Å². The van der Waals surface area contributed by atoms with Crippen LogP contribution in [0.5, 0.6) is 0 Å². The van der Waals surface area contributed by atoms with Crippen molar-refractivity contribution in [2.75, 3.05) is 12.3 Å². The highest BCUT2D eigenvalue weighted by Crippen LogP contribution is 2.26. The number of thioether (sulfide) groups is 1. The van der Waals surface area contributed by atoms with Gasteiger partial charge in [-0.2, -0.15) is 0 Å². The summed E-state index contributed by atoms with van der Waals surface area (Å²) in [5, 5.41) is 5.13. The van der Waals surface area contributed by atoms with Crippen LogP contribution >= 0.6 is 23.1 Å². The van der Waals surface area contributed by atoms with Crippen LogP contribution in [0.2, 0.25) is 0 Å². The maximum atomic E-state index is 11.9. The number of nitrogens with one attached hydrogen (secondary N) is 1. The first-order valence-corrected chi connectivity index (χ1v) is 7.88. The molecule has 0 spiro atoms. The molecule has 1 fully saturated rings. The van der Waals surface area contributed by atoms with Crippen LogP contribution in [0.15, 0.2) is 11.4 Å². The molecule has 0 saturated carbocycles. The van der Waals surface area contributed by atoms with Crippen molar-refractivity contribution < 1.29 is 4.79 Å². The van der Waals surface area contributed by atoms with Crippen LogP contribution in [0.3, 0.4) is 0 Å². The molecule has 3 N–H and O–H groups in total. The SMILES string of the molecule is NCC#Cc1ccsc1CNC(=O)C1CCCS1. The smallest absolute Gasteiger partial charge is 0.233 e. The van der Waals surface area contributed by atoms with Gasteiger partial charge in [0.1, 0.15) is 0 Å². The molecule has 1 unspecified atom stereocenters. The van der Waals surface area contributed by atoms with Gasteiger partial charge in [-0.25, -0.2) is 0 Å². The first-order valence-electron chi connectivity index (χ1n) is 5.96. The molecular weight excluding hydrogens is 264 g/mol. The molecule has 0 radical (unpaired) electrons. The average Bonchev–Trinajstić information content (AvgIpc) is 3.04. The molecule has 18 heavy (non-hydrogen) atoms. The molecule has 96 valence electrons. The number of thiophene rings is 1. The van der Waals surface area contributed by atoms with E-state index in [1.54, 1.807) is 23.1 Å². The lowest BCUT2D eigenvalue weighted by molar-refractivity contribution is -0.120. The minimum absolute atomic E-state index is 0.142. The van der Waals surface area contributed by atoms with Gasteiger partial charge in [0, 0.05) is 10.4 Å². The highest BCUT2D eigenvalue weighted by atomic mass is 32.2. The summed E-state index contributed by atoms with van der Waals surface area (Å²) < 4.78 is 0. The predicted molar refractivity (Wildman–Crippen MR) is 77.6 cm³/mol. The lowest BCUT2D eigenvalue weighted by atomic mass is 10.2. The van der Waals surface area contributed by atoms with E-state index >= 15 is 0 Å². The van der Waals surface area contributed by atoms with E-state index < -0.39 is 0 Å². The molecule has 3 nitrogen and oxygen atoms in total. The summed E-state index contributed by atoms with van der Waals surface area (Å²) >= 11 is 3.37. The van der Waals surface area contributed by atoms with Gasteiger partial charge in [-0.05, 0) is 30.0 Å². The maximum Gasteiger partial charge on any atom is 0.233 e. The Bertz CT molecular complexity index is 467. The fourth-order valence-electron chi connectivity index (χ4n) is 1.80. The summed E-state index contributed by atoms with van der Waals surface area (Å²) in [4.78, 5) is 13.0. The summed E-state index contributed by atoms with van der Waals surface area (Å²) in [7, 11) is 0. The Morgan fingerprint density at radius 3 is 3.22 bits per heavy atom. The highest BCUT2D eigenvalue weighted by Gasteiger charge is 2.23. The monoisotopic (exact) mass is 280 g/mol. The number of rotatable bonds is 3. The number of nitrogens with two attached hydrogens (primary N) is 1. The van der Waals surface area contributed by atoms with Gasteiger partial charge in [0.25, 0.3) is 0 Å². The molecule has 0 bridgehead atoms. The zero-order chi connectivity index (χ0) is 12.8. The molecule has 5 heteroatoms. The fraction of sp³-hybridized carbons (Fsp3) is 0.462. The highest BCUT2D eigenvalue weighted by molar-refractivity contribution is 8.00. The second-order valence-corrected chi connectivity index (χ2v) is 6.29. The Morgan fingerprint density at radius 2 is 2.50 bits per heavy atom. The third-order valence-corrected chi connectivity index (χ3v) is 5.01. The van der Waals surface area contributed by atoms with E-state index in [1.165, 1.54) is 0 Å². The lowest BCUT2D eigenvalue weighted by Crippen LogP contribution is -2.30. The van der Waals surface area contributed by atoms with E-state index in [0.717, 1.165) is 29.0 Å². The lowest BCUT2D eigenvalue weighted by Gasteiger charge is -2.09. The molecule has 1 aliphatic rings. The number of carbonyl (C=O) groups is 1. The molecule has 1 atom stereocenters. The normalized spacial score (nSPS) is 18.2. The van der Waals surface area contributed by atoms with Crippen molar-refractivity contribution in [3.8, 4) is 11.8 Å². The van der Waals surface area contributed by atoms with Crippen molar-refractivity contribution in [2.45, 2.75) is 24.6 Å². The number of carbonyl (C=O) groups excluding carboxylic acids is 1. The zero-order valence-corrected chi connectivity index (χ0v) is 11.7. The van der Waals surface area contributed by atoms with Crippen LogP contribution < -0.4 is 11.1 Å². The van der Waals surface area contributed by atoms with Crippen molar-refractivity contribution >= 4 is 29.0 Å². The molecule has 1 aromatic heterocycles. The first kappa shape index (κ1) is 13.5. The Labute approximate surface area is 116 Å². The Hall–Kier alpha value is -0.960. The van der Waals surface area contributed by atoms with Gasteiger partial charge in [0.15, 0.2) is 0 Å². The van der Waals surface area contributed by atoms with E-state index in [4.69, 9.17) is 5.73 Å². The first-order chi connectivity index (χ1) is 8.81. The topological polar surface area (TPSA) is 55.1 Å². The largest absolute Gasteiger partial charge is 0.350 e. The van der Waals surface area contributed by atoms with Crippen LogP contribution in [-0.2, 0) is 11.3 Å². The maximum absolute atomic E-state index is 11.9. The van der Waals surface area contributed by atoms with Gasteiger partial charge >= 0.3 is 0 Å². The van der Waals surface area contributed by atoms with E-state index in [-0.39, 0.29) is 11.2 Å². The second kappa shape index (κ2) is 6.83. The molecule has 1 amide bonds. The molecule has 2 rings (SSSR count). The van der Waals surface area contributed by atoms with E-state index in [0.29, 0.717) is 13.1 Å². The van der Waals surface area contributed by atoms with Gasteiger partial charge in [-0.3, -0.25) is 4.79 Å². The molecule has 1 aliphatic heterocycles. The predicted octanol–water partition coefficient (Wildman–Crippen LogP) is 1.57. The van der Waals surface area contributed by atoms with Crippen LogP contribution in [0, 0.1) is 11.8 Å². The van der Waals surface area contributed by atoms with Gasteiger partial charge in [-0.15, -0.1) is 23.1 Å². The third kappa shape index (κ3) is 3.52. The van der Waals surface area contributed by atoms with Crippen LogP contribution in [0.1, 0.15) is 23.3 Å². The van der Waals surface area contributed by atoms with E-state index in [9.17, 15) is 4.79 Å². The van der Waals surface area contributed by atoms with E-state index in [1.807, 2.05) is 11.4 Å². The third-order valence-electron chi connectivity index (χ3n) is 2.72. The standard InChI is InChI=1S/C13H16N2OS2/c14-6-1-3-10-5-8-18-12(10)9-15-13(16)11-4-2-7-17-11/h5,8,11H,2,4,6-7,9,14H2,(H,15,16). The number of hydrogen-bond donors (Lipinski definition) is 2. The van der Waals surface area contributed by atoms with Crippen molar-refractivity contribution in [1.29, 1.82) is 0 Å². The summed E-state index contributed by atoms with van der Waals surface area (Å²) in [6.07, 6.45) is 2.15. The van der Waals surface area contributed by atoms with Crippen molar-refractivity contribution in [1.82, 2.24) is 5.32 Å². The quantitative estimate of drug-likeness (QED) is 0.826. The minimum Gasteiger partial charge on any atom is -0.350 e. The molecular formula is C13H16N2OS2. The summed E-state index contributed by atoms with van der Waals surface area (Å²) in [5.41, 5.74) is 6.33. The molecule has 2 heterocycles. The van der Waals surface area contributed by atoms with Gasteiger partial charge in [0.05, 0.1) is 18.3 Å². The molecule has 1 aromatic rings. The van der Waals surface area contributed by atoms with Gasteiger partial charge < -0.3 is 11.1 Å². The minimum atomic E-state index is 0.142. The van der Waals surface area contributed by atoms with Gasteiger partial charge in [0.2, 0.25) is 5.91 Å². The Kier molecular flexibility index (Phi) is 5.12. The number of hydrogen-bond acceptors (Lipinski definition) is 4. The summed E-state index contributed by atoms with van der Waals surface area (Å²) in [5.74, 6) is 7.12. The second-order valence-electron chi connectivity index (χ2n) is 3.98. The van der Waals surface area contributed by atoms with Gasteiger partial charge in [-0.1, -0.05) is 11.8 Å². The molecule has 1 saturated heterocycles. The summed E-state index contributed by atoms with van der Waals surface area (Å²) in [6, 6.07) is 1.97. The van der Waals surface area contributed by atoms with Crippen LogP contribution in [0.25, 0.3) is 0 Å². The van der Waals surface area contributed by atoms with Crippen molar-refractivity contribution in [3.63, 3.8) is 0 Å². The van der Waals surface area contributed by atoms with Crippen LogP contribution in [-0.4, -0.2) is 23.5 Å². The van der Waals surface area contributed by atoms with Crippen LogP contribution in [0.4, 0.5) is 0 Å². The van der Waals surface area contributed by atoms with E-state index in [2.05, 4.69) is 17.2 Å². The number of amides is 1. The average molecular weight is 280 g/mol. The molecule has 0 aliphatic carbocycles. The fourth-order valence-corrected chi connectivity index (χ4v) is 3.76. The Balaban J connectivity index is 1.89. The summed E-state index contributed by atoms with van der Waals surface area (Å²) in [6.45, 7) is 0.933. The van der Waals surface area contributed by atoms with Crippen molar-refractivity contribution in [2.24, 2.45) is 5.73 Å². The Morgan fingerprint density at radius 1 is 1.61 bits per heavy atom.